The molecular weight excluding hydrogens is 248 g/mol. The van der Waals surface area contributed by atoms with Crippen molar-refractivity contribution in [1.82, 2.24) is 0 Å². The van der Waals surface area contributed by atoms with Crippen molar-refractivity contribution < 1.29 is 9.53 Å². The minimum absolute atomic E-state index is 0.195. The van der Waals surface area contributed by atoms with E-state index in [1.807, 2.05) is 11.4 Å². The number of nitrogens with one attached hydrogen (secondary N) is 1. The first-order valence-electron chi connectivity index (χ1n) is 5.16. The van der Waals surface area contributed by atoms with E-state index < -0.39 is 0 Å². The summed E-state index contributed by atoms with van der Waals surface area (Å²) in [7, 11) is 1.50. The minimum atomic E-state index is -0.195. The Morgan fingerprint density at radius 1 is 1.44 bits per heavy atom. The minimum Gasteiger partial charge on any atom is -0.495 e. The number of nitrogens with zero attached hydrogens (tertiary/aromatic N) is 1. The Morgan fingerprint density at radius 3 is 2.89 bits per heavy atom. The Morgan fingerprint density at radius 2 is 2.28 bits per heavy atom. The molecule has 0 aliphatic carbocycles. The Bertz CT molecular complexity index is 600. The number of carbonyl (C=O) groups excluding carboxylic acids is 1. The standard InChI is InChI=1S/C13H10N2O2S/c1-17-12-6-9(7-14)2-3-11(12)15-13(16)10-4-5-18-8-10/h2-6,8H,1H3,(H,15,16). The highest BCUT2D eigenvalue weighted by Crippen LogP contribution is 2.26. The number of thiophene rings is 1. The molecule has 2 aromatic rings. The fourth-order valence-electron chi connectivity index (χ4n) is 1.45. The quantitative estimate of drug-likeness (QED) is 0.920. The number of hydrogen-bond acceptors (Lipinski definition) is 4. The Balaban J connectivity index is 2.24. The number of nitriles is 1. The number of hydrogen-bond donors (Lipinski definition) is 1. The van der Waals surface area contributed by atoms with Gasteiger partial charge in [0.25, 0.3) is 5.91 Å². The lowest BCUT2D eigenvalue weighted by molar-refractivity contribution is 0.102. The summed E-state index contributed by atoms with van der Waals surface area (Å²) in [5.74, 6) is 0.275. The molecule has 0 fully saturated rings. The predicted molar refractivity (Wildman–Crippen MR) is 70.0 cm³/mol. The van der Waals surface area contributed by atoms with Crippen molar-refractivity contribution in [2.24, 2.45) is 0 Å². The normalized spacial score (nSPS) is 9.56. The summed E-state index contributed by atoms with van der Waals surface area (Å²) in [4.78, 5) is 11.9. The van der Waals surface area contributed by atoms with Gasteiger partial charge in [0.1, 0.15) is 5.75 Å². The highest BCUT2D eigenvalue weighted by molar-refractivity contribution is 7.08. The van der Waals surface area contributed by atoms with Crippen LogP contribution in [0.1, 0.15) is 15.9 Å². The molecule has 90 valence electrons. The monoisotopic (exact) mass is 258 g/mol. The molecule has 0 saturated heterocycles. The van der Waals surface area contributed by atoms with Crippen LogP contribution >= 0.6 is 11.3 Å². The second-order valence-corrected chi connectivity index (χ2v) is 4.27. The van der Waals surface area contributed by atoms with E-state index in [1.165, 1.54) is 18.4 Å². The Labute approximate surface area is 108 Å². The van der Waals surface area contributed by atoms with Gasteiger partial charge in [0.15, 0.2) is 0 Å². The van der Waals surface area contributed by atoms with Gasteiger partial charge in [-0.25, -0.2) is 0 Å². The molecule has 5 heteroatoms. The van der Waals surface area contributed by atoms with Crippen LogP contribution in [0.3, 0.4) is 0 Å². The van der Waals surface area contributed by atoms with Crippen LogP contribution in [-0.2, 0) is 0 Å². The summed E-state index contributed by atoms with van der Waals surface area (Å²) in [5, 5.41) is 15.1. The smallest absolute Gasteiger partial charge is 0.256 e. The molecule has 18 heavy (non-hydrogen) atoms. The zero-order chi connectivity index (χ0) is 13.0. The van der Waals surface area contributed by atoms with Crippen LogP contribution in [0.25, 0.3) is 0 Å². The average molecular weight is 258 g/mol. The SMILES string of the molecule is COc1cc(C#N)ccc1NC(=O)c1ccsc1. The largest absolute Gasteiger partial charge is 0.495 e. The fourth-order valence-corrected chi connectivity index (χ4v) is 2.09. The third-order valence-electron chi connectivity index (χ3n) is 2.36. The van der Waals surface area contributed by atoms with E-state index in [4.69, 9.17) is 10.00 Å². The molecule has 0 aliphatic heterocycles. The molecule has 0 spiro atoms. The molecular formula is C13H10N2O2S. The van der Waals surface area contributed by atoms with E-state index >= 15 is 0 Å². The van der Waals surface area contributed by atoms with Crippen molar-refractivity contribution in [3.8, 4) is 11.8 Å². The number of carbonyl (C=O) groups is 1. The number of amides is 1. The molecule has 0 radical (unpaired) electrons. The number of anilines is 1. The molecule has 0 aliphatic rings. The molecule has 0 saturated carbocycles. The topological polar surface area (TPSA) is 62.1 Å². The average Bonchev–Trinajstić information content (AvgIpc) is 2.93. The summed E-state index contributed by atoms with van der Waals surface area (Å²) in [6.07, 6.45) is 0. The van der Waals surface area contributed by atoms with Crippen molar-refractivity contribution in [2.75, 3.05) is 12.4 Å². The second kappa shape index (κ2) is 5.34. The molecule has 1 N–H and O–H groups in total. The van der Waals surface area contributed by atoms with Gasteiger partial charge in [-0.05, 0) is 23.6 Å². The van der Waals surface area contributed by atoms with Crippen molar-refractivity contribution in [1.29, 1.82) is 5.26 Å². The van der Waals surface area contributed by atoms with Crippen molar-refractivity contribution >= 4 is 22.9 Å². The van der Waals surface area contributed by atoms with Crippen LogP contribution in [0, 0.1) is 11.3 Å². The lowest BCUT2D eigenvalue weighted by Crippen LogP contribution is -2.11. The van der Waals surface area contributed by atoms with Crippen LogP contribution in [-0.4, -0.2) is 13.0 Å². The van der Waals surface area contributed by atoms with E-state index in [0.29, 0.717) is 22.6 Å². The third-order valence-corrected chi connectivity index (χ3v) is 3.05. The summed E-state index contributed by atoms with van der Waals surface area (Å²) < 4.78 is 5.14. The lowest BCUT2D eigenvalue weighted by Gasteiger charge is -2.09. The summed E-state index contributed by atoms with van der Waals surface area (Å²) in [6.45, 7) is 0. The first-order valence-corrected chi connectivity index (χ1v) is 6.10. The third kappa shape index (κ3) is 2.50. The molecule has 0 atom stereocenters. The van der Waals surface area contributed by atoms with E-state index in [-0.39, 0.29) is 5.91 Å². The van der Waals surface area contributed by atoms with Gasteiger partial charge in [0.2, 0.25) is 0 Å². The summed E-state index contributed by atoms with van der Waals surface area (Å²) in [6, 6.07) is 8.64. The second-order valence-electron chi connectivity index (χ2n) is 3.49. The van der Waals surface area contributed by atoms with Gasteiger partial charge in [-0.2, -0.15) is 16.6 Å². The van der Waals surface area contributed by atoms with Crippen LogP contribution in [0.15, 0.2) is 35.0 Å². The summed E-state index contributed by atoms with van der Waals surface area (Å²) in [5.41, 5.74) is 1.64. The van der Waals surface area contributed by atoms with Gasteiger partial charge < -0.3 is 10.1 Å². The molecule has 1 amide bonds. The van der Waals surface area contributed by atoms with Gasteiger partial charge in [0.05, 0.1) is 30.0 Å². The predicted octanol–water partition coefficient (Wildman–Crippen LogP) is 2.88. The Kier molecular flexibility index (Phi) is 3.60. The molecule has 0 bridgehead atoms. The first kappa shape index (κ1) is 12.1. The van der Waals surface area contributed by atoms with Gasteiger partial charge in [-0.3, -0.25) is 4.79 Å². The molecule has 0 unspecified atom stereocenters. The number of methoxy groups -OCH3 is 1. The lowest BCUT2D eigenvalue weighted by atomic mass is 10.2. The van der Waals surface area contributed by atoms with Gasteiger partial charge in [0, 0.05) is 11.4 Å². The van der Waals surface area contributed by atoms with E-state index in [1.54, 1.807) is 29.6 Å². The maximum Gasteiger partial charge on any atom is 0.256 e. The fraction of sp³-hybridized carbons (Fsp3) is 0.0769. The summed E-state index contributed by atoms with van der Waals surface area (Å²) >= 11 is 1.46. The zero-order valence-electron chi connectivity index (χ0n) is 9.64. The number of rotatable bonds is 3. The zero-order valence-corrected chi connectivity index (χ0v) is 10.5. The van der Waals surface area contributed by atoms with Crippen LogP contribution in [0.4, 0.5) is 5.69 Å². The molecule has 4 nitrogen and oxygen atoms in total. The van der Waals surface area contributed by atoms with Gasteiger partial charge in [-0.1, -0.05) is 0 Å². The molecule has 1 aromatic heterocycles. The van der Waals surface area contributed by atoms with Gasteiger partial charge in [-0.15, -0.1) is 0 Å². The van der Waals surface area contributed by atoms with Gasteiger partial charge >= 0.3 is 0 Å². The van der Waals surface area contributed by atoms with Crippen molar-refractivity contribution in [2.45, 2.75) is 0 Å². The van der Waals surface area contributed by atoms with Crippen molar-refractivity contribution in [3.05, 3.63) is 46.2 Å². The number of ether oxygens (including phenoxy) is 1. The van der Waals surface area contributed by atoms with E-state index in [2.05, 4.69) is 5.32 Å². The van der Waals surface area contributed by atoms with Crippen LogP contribution < -0.4 is 10.1 Å². The Hall–Kier alpha value is -2.32. The maximum atomic E-state index is 11.9. The van der Waals surface area contributed by atoms with Crippen molar-refractivity contribution in [3.63, 3.8) is 0 Å². The van der Waals surface area contributed by atoms with Crippen LogP contribution in [0.5, 0.6) is 5.75 Å². The number of benzene rings is 1. The maximum absolute atomic E-state index is 11.9. The van der Waals surface area contributed by atoms with Crippen LogP contribution in [0.2, 0.25) is 0 Å². The van der Waals surface area contributed by atoms with E-state index in [9.17, 15) is 4.79 Å². The highest BCUT2D eigenvalue weighted by atomic mass is 32.1. The highest BCUT2D eigenvalue weighted by Gasteiger charge is 2.10. The molecule has 2 rings (SSSR count). The molecule has 1 heterocycles. The first-order chi connectivity index (χ1) is 8.74. The molecule has 1 aromatic carbocycles. The van der Waals surface area contributed by atoms with E-state index in [0.717, 1.165) is 0 Å².